The van der Waals surface area contributed by atoms with E-state index in [1.807, 2.05) is 18.2 Å². The van der Waals surface area contributed by atoms with Gasteiger partial charge in [-0.15, -0.1) is 12.4 Å². The molecule has 0 radical (unpaired) electrons. The molecule has 1 heterocycles. The van der Waals surface area contributed by atoms with Gasteiger partial charge in [0.15, 0.2) is 0 Å². The number of rotatable bonds is 4. The smallest absolute Gasteiger partial charge is 0.120 e. The highest BCUT2D eigenvalue weighted by Gasteiger charge is 2.32. The van der Waals surface area contributed by atoms with E-state index >= 15 is 0 Å². The highest BCUT2D eigenvalue weighted by Crippen LogP contribution is 2.31. The first-order chi connectivity index (χ1) is 8.56. The lowest BCUT2D eigenvalue weighted by molar-refractivity contribution is 0.274. The third-order valence-corrected chi connectivity index (χ3v) is 4.14. The van der Waals surface area contributed by atoms with Gasteiger partial charge in [-0.25, -0.2) is 0 Å². The molecule has 5 heteroatoms. The van der Waals surface area contributed by atoms with Crippen molar-refractivity contribution >= 4 is 24.0 Å². The van der Waals surface area contributed by atoms with Gasteiger partial charge in [0.25, 0.3) is 0 Å². The van der Waals surface area contributed by atoms with Crippen LogP contribution in [0.3, 0.4) is 0 Å². The SMILES string of the molecule is COc1ccc(CN2CCC(C)(CN)C2)c(Cl)c1.Cl. The maximum Gasteiger partial charge on any atom is 0.120 e. The Morgan fingerprint density at radius 2 is 2.21 bits per heavy atom. The summed E-state index contributed by atoms with van der Waals surface area (Å²) >= 11 is 6.26. The van der Waals surface area contributed by atoms with Crippen LogP contribution in [0.2, 0.25) is 5.02 Å². The van der Waals surface area contributed by atoms with Crippen molar-refractivity contribution in [1.82, 2.24) is 4.90 Å². The minimum atomic E-state index is 0. The number of halogens is 2. The number of hydrogen-bond acceptors (Lipinski definition) is 3. The zero-order valence-electron chi connectivity index (χ0n) is 11.5. The predicted molar refractivity (Wildman–Crippen MR) is 82.3 cm³/mol. The molecule has 1 fully saturated rings. The molecule has 108 valence electrons. The van der Waals surface area contributed by atoms with E-state index in [9.17, 15) is 0 Å². The minimum Gasteiger partial charge on any atom is -0.497 e. The summed E-state index contributed by atoms with van der Waals surface area (Å²) in [6, 6.07) is 5.87. The third kappa shape index (κ3) is 3.99. The van der Waals surface area contributed by atoms with Crippen LogP contribution in [0, 0.1) is 5.41 Å². The molecular weight excluding hydrogens is 283 g/mol. The number of nitrogens with two attached hydrogens (primary N) is 1. The topological polar surface area (TPSA) is 38.5 Å². The quantitative estimate of drug-likeness (QED) is 0.929. The van der Waals surface area contributed by atoms with E-state index in [2.05, 4.69) is 11.8 Å². The summed E-state index contributed by atoms with van der Waals surface area (Å²) in [6.45, 7) is 6.03. The Balaban J connectivity index is 0.00000180. The lowest BCUT2D eigenvalue weighted by Gasteiger charge is -2.23. The van der Waals surface area contributed by atoms with Gasteiger partial charge in [-0.2, -0.15) is 0 Å². The van der Waals surface area contributed by atoms with Crippen LogP contribution in [0.4, 0.5) is 0 Å². The van der Waals surface area contributed by atoms with E-state index in [0.29, 0.717) is 0 Å². The molecule has 1 saturated heterocycles. The van der Waals surface area contributed by atoms with Crippen LogP contribution < -0.4 is 10.5 Å². The fourth-order valence-corrected chi connectivity index (χ4v) is 2.68. The second-order valence-corrected chi connectivity index (χ2v) is 5.84. The van der Waals surface area contributed by atoms with E-state index in [0.717, 1.165) is 48.9 Å². The number of benzene rings is 1. The Labute approximate surface area is 126 Å². The van der Waals surface area contributed by atoms with Gasteiger partial charge in [-0.05, 0) is 42.6 Å². The fourth-order valence-electron chi connectivity index (χ4n) is 2.45. The molecule has 2 N–H and O–H groups in total. The highest BCUT2D eigenvalue weighted by molar-refractivity contribution is 6.31. The van der Waals surface area contributed by atoms with Gasteiger partial charge in [0.1, 0.15) is 5.75 Å². The summed E-state index contributed by atoms with van der Waals surface area (Å²) in [5.74, 6) is 0.803. The maximum absolute atomic E-state index is 6.26. The molecule has 0 bridgehead atoms. The van der Waals surface area contributed by atoms with E-state index in [1.54, 1.807) is 7.11 Å². The van der Waals surface area contributed by atoms with Crippen LogP contribution in [0.25, 0.3) is 0 Å². The second-order valence-electron chi connectivity index (χ2n) is 5.43. The number of methoxy groups -OCH3 is 1. The van der Waals surface area contributed by atoms with Gasteiger partial charge < -0.3 is 10.5 Å². The lowest BCUT2D eigenvalue weighted by atomic mass is 9.90. The largest absolute Gasteiger partial charge is 0.497 e. The highest BCUT2D eigenvalue weighted by atomic mass is 35.5. The first kappa shape index (κ1) is 16.6. The van der Waals surface area contributed by atoms with Gasteiger partial charge in [0.2, 0.25) is 0 Å². The van der Waals surface area contributed by atoms with Crippen molar-refractivity contribution in [3.8, 4) is 5.75 Å². The Morgan fingerprint density at radius 1 is 1.47 bits per heavy atom. The van der Waals surface area contributed by atoms with E-state index in [4.69, 9.17) is 22.1 Å². The molecule has 0 spiro atoms. The Bertz CT molecular complexity index is 428. The number of hydrogen-bond donors (Lipinski definition) is 1. The van der Waals surface area contributed by atoms with Gasteiger partial charge in [0, 0.05) is 18.1 Å². The van der Waals surface area contributed by atoms with Crippen LogP contribution in [0.1, 0.15) is 18.9 Å². The van der Waals surface area contributed by atoms with Crippen LogP contribution in [0.5, 0.6) is 5.75 Å². The van der Waals surface area contributed by atoms with E-state index < -0.39 is 0 Å². The average Bonchev–Trinajstić information content (AvgIpc) is 2.74. The minimum absolute atomic E-state index is 0. The van der Waals surface area contributed by atoms with Crippen LogP contribution in [-0.2, 0) is 6.54 Å². The van der Waals surface area contributed by atoms with Crippen molar-refractivity contribution in [3.05, 3.63) is 28.8 Å². The standard InChI is InChI=1S/C14H21ClN2O.ClH/c1-14(9-16)5-6-17(10-14)8-11-3-4-12(18-2)7-13(11)15;/h3-4,7H,5-6,8-10,16H2,1-2H3;1H. The van der Waals surface area contributed by atoms with Crippen molar-refractivity contribution in [2.75, 3.05) is 26.7 Å². The van der Waals surface area contributed by atoms with Crippen LogP contribution in [0.15, 0.2) is 18.2 Å². The van der Waals surface area contributed by atoms with Gasteiger partial charge >= 0.3 is 0 Å². The van der Waals surface area contributed by atoms with E-state index in [-0.39, 0.29) is 17.8 Å². The average molecular weight is 305 g/mol. The molecule has 2 rings (SSSR count). The van der Waals surface area contributed by atoms with Crippen LogP contribution in [-0.4, -0.2) is 31.6 Å². The van der Waals surface area contributed by atoms with Crippen molar-refractivity contribution in [1.29, 1.82) is 0 Å². The first-order valence-electron chi connectivity index (χ1n) is 6.31. The lowest BCUT2D eigenvalue weighted by Crippen LogP contribution is -2.31. The summed E-state index contributed by atoms with van der Waals surface area (Å²) in [5.41, 5.74) is 7.24. The molecule has 19 heavy (non-hydrogen) atoms. The van der Waals surface area contributed by atoms with Crippen molar-refractivity contribution in [2.45, 2.75) is 19.9 Å². The molecular formula is C14H22Cl2N2O. The number of likely N-dealkylation sites (tertiary alicyclic amines) is 1. The van der Waals surface area contributed by atoms with Gasteiger partial charge in [-0.3, -0.25) is 4.90 Å². The molecule has 0 aliphatic carbocycles. The first-order valence-corrected chi connectivity index (χ1v) is 6.69. The summed E-state index contributed by atoms with van der Waals surface area (Å²) in [4.78, 5) is 2.42. The molecule has 0 saturated carbocycles. The molecule has 1 aromatic carbocycles. The second kappa shape index (κ2) is 6.80. The number of nitrogens with zero attached hydrogens (tertiary/aromatic N) is 1. The zero-order valence-corrected chi connectivity index (χ0v) is 13.1. The Kier molecular flexibility index (Phi) is 5.93. The molecule has 1 aliphatic heterocycles. The van der Waals surface area contributed by atoms with Crippen molar-refractivity contribution in [3.63, 3.8) is 0 Å². The van der Waals surface area contributed by atoms with E-state index in [1.165, 1.54) is 0 Å². The molecule has 0 amide bonds. The zero-order chi connectivity index (χ0) is 13.2. The normalized spacial score (nSPS) is 23.2. The summed E-state index contributed by atoms with van der Waals surface area (Å²) in [6.07, 6.45) is 1.16. The Hall–Kier alpha value is -0.480. The number of ether oxygens (including phenoxy) is 1. The monoisotopic (exact) mass is 304 g/mol. The van der Waals surface area contributed by atoms with Crippen molar-refractivity contribution in [2.24, 2.45) is 11.1 Å². The Morgan fingerprint density at radius 3 is 2.74 bits per heavy atom. The fraction of sp³-hybridized carbons (Fsp3) is 0.571. The summed E-state index contributed by atoms with van der Waals surface area (Å²) in [7, 11) is 1.65. The predicted octanol–water partition coefficient (Wildman–Crippen LogP) is 2.94. The summed E-state index contributed by atoms with van der Waals surface area (Å²) < 4.78 is 5.16. The molecule has 0 aromatic heterocycles. The molecule has 1 aromatic rings. The van der Waals surface area contributed by atoms with Crippen molar-refractivity contribution < 1.29 is 4.74 Å². The summed E-state index contributed by atoms with van der Waals surface area (Å²) in [5, 5.41) is 0.774. The molecule has 1 atom stereocenters. The third-order valence-electron chi connectivity index (χ3n) is 3.78. The molecule has 1 aliphatic rings. The van der Waals surface area contributed by atoms with Crippen LogP contribution >= 0.6 is 24.0 Å². The van der Waals surface area contributed by atoms with Gasteiger partial charge in [0.05, 0.1) is 7.11 Å². The van der Waals surface area contributed by atoms with Gasteiger partial charge in [-0.1, -0.05) is 24.6 Å². The molecule has 1 unspecified atom stereocenters. The molecule has 3 nitrogen and oxygen atoms in total. The maximum atomic E-state index is 6.26.